The summed E-state index contributed by atoms with van der Waals surface area (Å²) >= 11 is 1.92. The number of fused-ring (bicyclic) bond motifs is 1. The normalized spacial score (nSPS) is 19.6. The predicted molar refractivity (Wildman–Crippen MR) is 109 cm³/mol. The Bertz CT molecular complexity index is 944. The molecule has 1 N–H and O–H groups in total. The maximum absolute atomic E-state index is 13.8. The molecule has 0 unspecified atom stereocenters. The molecule has 5 heteroatoms. The van der Waals surface area contributed by atoms with Crippen molar-refractivity contribution in [1.29, 1.82) is 0 Å². The highest BCUT2D eigenvalue weighted by atomic mass is 32.2. The maximum atomic E-state index is 13.8. The van der Waals surface area contributed by atoms with Crippen LogP contribution in [0.1, 0.15) is 25.7 Å². The second-order valence-electron chi connectivity index (χ2n) is 7.65. The van der Waals surface area contributed by atoms with Gasteiger partial charge in [-0.15, -0.1) is 11.8 Å². The Morgan fingerprint density at radius 2 is 1.93 bits per heavy atom. The molecule has 0 bridgehead atoms. The van der Waals surface area contributed by atoms with E-state index in [0.29, 0.717) is 11.8 Å². The molecule has 1 aromatic heterocycles. The lowest BCUT2D eigenvalue weighted by Crippen LogP contribution is -2.25. The summed E-state index contributed by atoms with van der Waals surface area (Å²) in [7, 11) is 0. The van der Waals surface area contributed by atoms with Gasteiger partial charge in [0, 0.05) is 51.0 Å². The Kier molecular flexibility index (Phi) is 4.15. The van der Waals surface area contributed by atoms with E-state index in [1.165, 1.54) is 24.2 Å². The molecule has 0 radical (unpaired) electrons. The largest absolute Gasteiger partial charge is 0.365 e. The number of rotatable bonds is 4. The number of anilines is 1. The van der Waals surface area contributed by atoms with E-state index in [0.717, 1.165) is 27.8 Å². The zero-order valence-electron chi connectivity index (χ0n) is 15.1. The summed E-state index contributed by atoms with van der Waals surface area (Å²) in [4.78, 5) is 6.54. The summed E-state index contributed by atoms with van der Waals surface area (Å²) in [5.74, 6) is -2.60. The molecule has 2 nitrogen and oxygen atoms in total. The Hall–Kier alpha value is -2.01. The molecule has 1 aliphatic carbocycles. The van der Waals surface area contributed by atoms with Crippen LogP contribution in [0.3, 0.4) is 0 Å². The molecule has 1 saturated carbocycles. The summed E-state index contributed by atoms with van der Waals surface area (Å²) in [5, 5.41) is 1.84. The number of thioether (sulfide) groups is 1. The van der Waals surface area contributed by atoms with Crippen molar-refractivity contribution < 1.29 is 8.78 Å². The van der Waals surface area contributed by atoms with Crippen LogP contribution in [0.2, 0.25) is 0 Å². The monoisotopic (exact) mass is 384 g/mol. The van der Waals surface area contributed by atoms with E-state index in [4.69, 9.17) is 0 Å². The minimum Gasteiger partial charge on any atom is -0.365 e. The van der Waals surface area contributed by atoms with E-state index in [1.54, 1.807) is 0 Å². The molecule has 1 aliphatic heterocycles. The fraction of sp³-hybridized carbons (Fsp3) is 0.364. The number of hydrogen-bond donors (Lipinski definition) is 1. The number of aromatic nitrogens is 1. The minimum atomic E-state index is -2.60. The predicted octanol–water partition coefficient (Wildman–Crippen LogP) is 6.32. The molecule has 0 spiro atoms. The summed E-state index contributed by atoms with van der Waals surface area (Å²) in [5.41, 5.74) is 3.99. The van der Waals surface area contributed by atoms with Gasteiger partial charge >= 0.3 is 0 Å². The molecule has 140 valence electrons. The molecule has 2 aliphatic rings. The number of halogens is 2. The summed E-state index contributed by atoms with van der Waals surface area (Å²) in [6.07, 6.45) is 3.78. The molecule has 3 aromatic rings. The van der Waals surface area contributed by atoms with Gasteiger partial charge in [0.05, 0.1) is 6.54 Å². The molecule has 0 atom stereocenters. The van der Waals surface area contributed by atoms with Gasteiger partial charge < -0.3 is 9.88 Å². The van der Waals surface area contributed by atoms with E-state index < -0.39 is 5.92 Å². The third kappa shape index (κ3) is 3.33. The Morgan fingerprint density at radius 1 is 1.07 bits per heavy atom. The summed E-state index contributed by atoms with van der Waals surface area (Å²) in [6, 6.07) is 16.6. The third-order valence-corrected chi connectivity index (χ3v) is 6.98. The van der Waals surface area contributed by atoms with Gasteiger partial charge in [0.25, 0.3) is 5.92 Å². The summed E-state index contributed by atoms with van der Waals surface area (Å²) < 4.78 is 27.7. The second kappa shape index (κ2) is 6.55. The van der Waals surface area contributed by atoms with Crippen molar-refractivity contribution in [3.63, 3.8) is 0 Å². The Labute approximate surface area is 162 Å². The van der Waals surface area contributed by atoms with Crippen molar-refractivity contribution >= 4 is 28.4 Å². The van der Waals surface area contributed by atoms with Crippen LogP contribution in [0, 0.1) is 0 Å². The van der Waals surface area contributed by atoms with Crippen LogP contribution in [0.25, 0.3) is 22.2 Å². The van der Waals surface area contributed by atoms with Crippen molar-refractivity contribution in [2.24, 2.45) is 0 Å². The van der Waals surface area contributed by atoms with Gasteiger partial charge in [0.1, 0.15) is 0 Å². The molecule has 5 rings (SSSR count). The first-order chi connectivity index (χ1) is 13.1. The number of H-pyrrole nitrogens is 1. The molecular formula is C22H22F2N2S. The lowest BCUT2D eigenvalue weighted by molar-refractivity contribution is 0.0257. The number of nitrogens with zero attached hydrogens (tertiary/aromatic N) is 1. The van der Waals surface area contributed by atoms with Gasteiger partial charge in [-0.05, 0) is 43.2 Å². The number of nitrogens with one attached hydrogen (secondary N) is 1. The smallest absolute Gasteiger partial charge is 0.266 e. The van der Waals surface area contributed by atoms with E-state index in [2.05, 4.69) is 35.3 Å². The first-order valence-corrected chi connectivity index (χ1v) is 10.5. The van der Waals surface area contributed by atoms with Crippen LogP contribution in [0.5, 0.6) is 0 Å². The average molecular weight is 384 g/mol. The van der Waals surface area contributed by atoms with Gasteiger partial charge in [-0.3, -0.25) is 0 Å². The van der Waals surface area contributed by atoms with E-state index >= 15 is 0 Å². The fourth-order valence-corrected chi connectivity index (χ4v) is 5.21. The van der Waals surface area contributed by atoms with E-state index in [1.807, 2.05) is 34.9 Å². The van der Waals surface area contributed by atoms with Crippen molar-refractivity contribution in [2.45, 2.75) is 41.8 Å². The van der Waals surface area contributed by atoms with Crippen LogP contribution in [-0.2, 0) is 0 Å². The first kappa shape index (κ1) is 17.1. The summed E-state index contributed by atoms with van der Waals surface area (Å²) in [6.45, 7) is 0.199. The highest BCUT2D eigenvalue weighted by Crippen LogP contribution is 2.42. The maximum Gasteiger partial charge on any atom is 0.266 e. The number of hydrogen-bond acceptors (Lipinski definition) is 2. The van der Waals surface area contributed by atoms with Crippen LogP contribution < -0.4 is 4.90 Å². The number of para-hydroxylation sites is 1. The molecular weight excluding hydrogens is 362 g/mol. The second-order valence-corrected chi connectivity index (χ2v) is 9.02. The third-order valence-electron chi connectivity index (χ3n) is 5.65. The quantitative estimate of drug-likeness (QED) is 0.567. The van der Waals surface area contributed by atoms with Crippen LogP contribution in [-0.4, -0.2) is 29.2 Å². The number of aromatic amines is 1. The van der Waals surface area contributed by atoms with Crippen LogP contribution >= 0.6 is 11.8 Å². The highest BCUT2D eigenvalue weighted by Gasteiger charge is 2.39. The number of alkyl halides is 2. The van der Waals surface area contributed by atoms with Crippen molar-refractivity contribution in [1.82, 2.24) is 4.98 Å². The SMILES string of the molecule is FC1(F)CCN(c2ccc(SC3CCC3)cc2-c2cc3ccccc3[nH]2)C1. The Morgan fingerprint density at radius 3 is 2.63 bits per heavy atom. The van der Waals surface area contributed by atoms with Gasteiger partial charge in [-0.2, -0.15) is 0 Å². The van der Waals surface area contributed by atoms with E-state index in [-0.39, 0.29) is 13.0 Å². The van der Waals surface area contributed by atoms with Crippen molar-refractivity contribution in [3.8, 4) is 11.3 Å². The molecule has 2 heterocycles. The molecule has 2 fully saturated rings. The van der Waals surface area contributed by atoms with Gasteiger partial charge in [-0.25, -0.2) is 8.78 Å². The Balaban J connectivity index is 1.57. The molecule has 1 saturated heterocycles. The first-order valence-electron chi connectivity index (χ1n) is 9.59. The zero-order chi connectivity index (χ0) is 18.4. The van der Waals surface area contributed by atoms with Crippen LogP contribution in [0.4, 0.5) is 14.5 Å². The highest BCUT2D eigenvalue weighted by molar-refractivity contribution is 8.00. The molecule has 27 heavy (non-hydrogen) atoms. The van der Waals surface area contributed by atoms with Gasteiger partial charge in [0.2, 0.25) is 0 Å². The lowest BCUT2D eigenvalue weighted by atomic mass is 10.00. The number of benzene rings is 2. The standard InChI is InChI=1S/C22H22F2N2S/c23-22(24)10-11-26(14-22)21-9-8-17(27-16-5-3-6-16)13-18(21)20-12-15-4-1-2-7-19(15)25-20/h1-2,4,7-9,12-13,16,25H,3,5-6,10-11,14H2. The molecule has 0 amide bonds. The van der Waals surface area contributed by atoms with Crippen molar-refractivity contribution in [2.75, 3.05) is 18.0 Å². The van der Waals surface area contributed by atoms with Crippen molar-refractivity contribution in [3.05, 3.63) is 48.5 Å². The van der Waals surface area contributed by atoms with E-state index in [9.17, 15) is 8.78 Å². The average Bonchev–Trinajstić information content (AvgIpc) is 3.21. The minimum absolute atomic E-state index is 0.0717. The van der Waals surface area contributed by atoms with Gasteiger partial charge in [0.15, 0.2) is 0 Å². The lowest BCUT2D eigenvalue weighted by Gasteiger charge is -2.26. The molecule has 2 aromatic carbocycles. The topological polar surface area (TPSA) is 19.0 Å². The van der Waals surface area contributed by atoms with Crippen LogP contribution in [0.15, 0.2) is 53.4 Å². The fourth-order valence-electron chi connectivity index (χ4n) is 3.92. The van der Waals surface area contributed by atoms with Gasteiger partial charge in [-0.1, -0.05) is 24.6 Å². The zero-order valence-corrected chi connectivity index (χ0v) is 15.9.